The zero-order valence-corrected chi connectivity index (χ0v) is 12.7. The number of fused-ring (bicyclic) bond motifs is 1. The van der Waals surface area contributed by atoms with Gasteiger partial charge in [-0.3, -0.25) is 4.79 Å². The summed E-state index contributed by atoms with van der Waals surface area (Å²) < 4.78 is 2.21. The summed E-state index contributed by atoms with van der Waals surface area (Å²) in [6.07, 6.45) is 2.10. The first-order chi connectivity index (χ1) is 9.22. The summed E-state index contributed by atoms with van der Waals surface area (Å²) >= 11 is 5.08. The van der Waals surface area contributed by atoms with Gasteiger partial charge >= 0.3 is 0 Å². The Morgan fingerprint density at radius 2 is 2.26 bits per heavy atom. The van der Waals surface area contributed by atoms with E-state index in [9.17, 15) is 4.79 Å². The Hall–Kier alpha value is -1.14. The van der Waals surface area contributed by atoms with Crippen LogP contribution in [0.1, 0.15) is 12.8 Å². The predicted octanol–water partition coefficient (Wildman–Crippen LogP) is 3.00. The minimum absolute atomic E-state index is 0.190. The maximum Gasteiger partial charge on any atom is 0.223 e. The molecule has 0 saturated heterocycles. The van der Waals surface area contributed by atoms with Crippen molar-refractivity contribution < 1.29 is 4.79 Å². The molecule has 2 aromatic rings. The fraction of sp³-hybridized carbons (Fsp3) is 0.385. The van der Waals surface area contributed by atoms with Gasteiger partial charge in [0.15, 0.2) is 5.13 Å². The van der Waals surface area contributed by atoms with Crippen molar-refractivity contribution in [2.24, 2.45) is 5.92 Å². The lowest BCUT2D eigenvalue weighted by Crippen LogP contribution is -2.29. The Bertz CT molecular complexity index is 609. The molecule has 0 bridgehead atoms. The molecule has 1 fully saturated rings. The maximum absolute atomic E-state index is 11.4. The standard InChI is InChI=1S/C13H14BrN3OS/c14-9-3-4-10-11(7-9)19-13(17-10)16-6-5-15-12(18)8-1-2-8/h3-4,7-8H,1-2,5-6H2,(H,15,18)(H,16,17). The second-order valence-corrected chi connectivity index (χ2v) is 6.57. The van der Waals surface area contributed by atoms with E-state index in [1.54, 1.807) is 11.3 Å². The van der Waals surface area contributed by atoms with E-state index in [1.165, 1.54) is 0 Å². The molecule has 1 aliphatic carbocycles. The van der Waals surface area contributed by atoms with E-state index < -0.39 is 0 Å². The van der Waals surface area contributed by atoms with Crippen molar-refractivity contribution in [3.63, 3.8) is 0 Å². The molecular weight excluding hydrogens is 326 g/mol. The molecule has 1 saturated carbocycles. The molecule has 2 N–H and O–H groups in total. The van der Waals surface area contributed by atoms with Gasteiger partial charge in [-0.25, -0.2) is 4.98 Å². The lowest BCUT2D eigenvalue weighted by atomic mass is 10.3. The number of nitrogens with one attached hydrogen (secondary N) is 2. The van der Waals surface area contributed by atoms with Crippen molar-refractivity contribution in [1.29, 1.82) is 0 Å². The summed E-state index contributed by atoms with van der Waals surface area (Å²) in [6.45, 7) is 1.36. The van der Waals surface area contributed by atoms with Gasteiger partial charge in [0, 0.05) is 23.5 Å². The molecule has 100 valence electrons. The molecule has 4 nitrogen and oxygen atoms in total. The average molecular weight is 340 g/mol. The Morgan fingerprint density at radius 3 is 3.05 bits per heavy atom. The molecule has 0 unspecified atom stereocenters. The first-order valence-corrected chi connectivity index (χ1v) is 7.91. The SMILES string of the molecule is O=C(NCCNc1nc2ccc(Br)cc2s1)C1CC1. The molecule has 3 rings (SSSR count). The Kier molecular flexibility index (Phi) is 3.70. The van der Waals surface area contributed by atoms with Crippen LogP contribution in [0.5, 0.6) is 0 Å². The normalized spacial score (nSPS) is 14.6. The highest BCUT2D eigenvalue weighted by Gasteiger charge is 2.28. The molecule has 6 heteroatoms. The first-order valence-electron chi connectivity index (χ1n) is 6.30. The summed E-state index contributed by atoms with van der Waals surface area (Å²) in [4.78, 5) is 15.9. The van der Waals surface area contributed by atoms with Crippen molar-refractivity contribution in [2.45, 2.75) is 12.8 Å². The highest BCUT2D eigenvalue weighted by atomic mass is 79.9. The number of aromatic nitrogens is 1. The lowest BCUT2D eigenvalue weighted by molar-refractivity contribution is -0.122. The van der Waals surface area contributed by atoms with Crippen LogP contribution < -0.4 is 10.6 Å². The molecule has 0 spiro atoms. The van der Waals surface area contributed by atoms with Crippen LogP contribution in [-0.2, 0) is 4.79 Å². The molecular formula is C13H14BrN3OS. The summed E-state index contributed by atoms with van der Waals surface area (Å²) in [5.74, 6) is 0.467. The van der Waals surface area contributed by atoms with Gasteiger partial charge < -0.3 is 10.6 Å². The van der Waals surface area contributed by atoms with Gasteiger partial charge in [-0.2, -0.15) is 0 Å². The van der Waals surface area contributed by atoms with Gasteiger partial charge in [0.2, 0.25) is 5.91 Å². The van der Waals surface area contributed by atoms with E-state index in [0.717, 1.165) is 32.7 Å². The molecule has 0 radical (unpaired) electrons. The quantitative estimate of drug-likeness (QED) is 0.823. The van der Waals surface area contributed by atoms with Crippen molar-refractivity contribution in [3.8, 4) is 0 Å². The monoisotopic (exact) mass is 339 g/mol. The predicted molar refractivity (Wildman–Crippen MR) is 81.5 cm³/mol. The number of hydrogen-bond donors (Lipinski definition) is 2. The molecule has 0 aliphatic heterocycles. The van der Waals surface area contributed by atoms with Gasteiger partial charge in [-0.1, -0.05) is 27.3 Å². The summed E-state index contributed by atoms with van der Waals surface area (Å²) in [5.41, 5.74) is 0.998. The van der Waals surface area contributed by atoms with Crippen molar-refractivity contribution in [1.82, 2.24) is 10.3 Å². The third-order valence-corrected chi connectivity index (χ3v) is 4.47. The molecule has 1 aromatic carbocycles. The van der Waals surface area contributed by atoms with Crippen LogP contribution in [0.3, 0.4) is 0 Å². The third kappa shape index (κ3) is 3.25. The van der Waals surface area contributed by atoms with Crippen LogP contribution in [0.4, 0.5) is 5.13 Å². The van der Waals surface area contributed by atoms with Gasteiger partial charge in [-0.15, -0.1) is 0 Å². The number of rotatable bonds is 5. The molecule has 1 aromatic heterocycles. The van der Waals surface area contributed by atoms with E-state index >= 15 is 0 Å². The van der Waals surface area contributed by atoms with E-state index in [2.05, 4.69) is 37.6 Å². The number of halogens is 1. The zero-order chi connectivity index (χ0) is 13.2. The number of benzene rings is 1. The van der Waals surface area contributed by atoms with E-state index in [4.69, 9.17) is 0 Å². The minimum atomic E-state index is 0.190. The number of thiazole rings is 1. The number of carbonyl (C=O) groups is 1. The van der Waals surface area contributed by atoms with E-state index in [0.29, 0.717) is 13.1 Å². The van der Waals surface area contributed by atoms with E-state index in [-0.39, 0.29) is 11.8 Å². The topological polar surface area (TPSA) is 54.0 Å². The van der Waals surface area contributed by atoms with Gasteiger partial charge in [0.1, 0.15) is 0 Å². The number of nitrogens with zero attached hydrogens (tertiary/aromatic N) is 1. The summed E-state index contributed by atoms with van der Waals surface area (Å²) in [6, 6.07) is 6.05. The summed E-state index contributed by atoms with van der Waals surface area (Å²) in [7, 11) is 0. The molecule has 1 heterocycles. The summed E-state index contributed by atoms with van der Waals surface area (Å²) in [5, 5.41) is 7.07. The van der Waals surface area contributed by atoms with Crippen LogP contribution in [-0.4, -0.2) is 24.0 Å². The Morgan fingerprint density at radius 1 is 1.42 bits per heavy atom. The Balaban J connectivity index is 1.52. The molecule has 1 aliphatic rings. The number of amides is 1. The van der Waals surface area contributed by atoms with Crippen LogP contribution >= 0.6 is 27.3 Å². The van der Waals surface area contributed by atoms with E-state index in [1.807, 2.05) is 12.1 Å². The van der Waals surface area contributed by atoms with Crippen molar-refractivity contribution in [2.75, 3.05) is 18.4 Å². The maximum atomic E-state index is 11.4. The van der Waals surface area contributed by atoms with Gasteiger partial charge in [-0.05, 0) is 31.0 Å². The minimum Gasteiger partial charge on any atom is -0.360 e. The van der Waals surface area contributed by atoms with Crippen molar-refractivity contribution in [3.05, 3.63) is 22.7 Å². The molecule has 19 heavy (non-hydrogen) atoms. The van der Waals surface area contributed by atoms with Crippen LogP contribution in [0.2, 0.25) is 0 Å². The van der Waals surface area contributed by atoms with Crippen LogP contribution in [0.25, 0.3) is 10.2 Å². The highest BCUT2D eigenvalue weighted by molar-refractivity contribution is 9.10. The first kappa shape index (κ1) is 12.9. The number of carbonyl (C=O) groups excluding carboxylic acids is 1. The number of anilines is 1. The molecule has 1 amide bonds. The third-order valence-electron chi connectivity index (χ3n) is 3.00. The lowest BCUT2D eigenvalue weighted by Gasteiger charge is -2.04. The molecule has 0 atom stereocenters. The van der Waals surface area contributed by atoms with Crippen LogP contribution in [0.15, 0.2) is 22.7 Å². The number of hydrogen-bond acceptors (Lipinski definition) is 4. The fourth-order valence-electron chi connectivity index (χ4n) is 1.82. The second kappa shape index (κ2) is 5.46. The van der Waals surface area contributed by atoms with Gasteiger partial charge in [0.25, 0.3) is 0 Å². The highest BCUT2D eigenvalue weighted by Crippen LogP contribution is 2.29. The average Bonchev–Trinajstić information content (AvgIpc) is 3.16. The smallest absolute Gasteiger partial charge is 0.223 e. The van der Waals surface area contributed by atoms with Crippen LogP contribution in [0, 0.1) is 5.92 Å². The Labute approximate surface area is 123 Å². The fourth-order valence-corrected chi connectivity index (χ4v) is 3.26. The largest absolute Gasteiger partial charge is 0.360 e. The van der Waals surface area contributed by atoms with Gasteiger partial charge in [0.05, 0.1) is 10.2 Å². The zero-order valence-electron chi connectivity index (χ0n) is 10.3. The second-order valence-electron chi connectivity index (χ2n) is 4.62. The van der Waals surface area contributed by atoms with Crippen molar-refractivity contribution >= 4 is 48.5 Å².